The van der Waals surface area contributed by atoms with Gasteiger partial charge >= 0.3 is 0 Å². The molecule has 0 saturated carbocycles. The van der Waals surface area contributed by atoms with E-state index in [-0.39, 0.29) is 0 Å². The number of rotatable bonds is 2. The second-order valence-corrected chi connectivity index (χ2v) is 4.03. The minimum Gasteiger partial charge on any atom is -0.100 e. The molecule has 0 heterocycles. The van der Waals surface area contributed by atoms with Crippen molar-refractivity contribution in [3.63, 3.8) is 0 Å². The highest BCUT2D eigenvalue weighted by Gasteiger charge is 1.93. The fraction of sp³-hybridized carbons (Fsp3) is 0.333. The number of allylic oxidation sites excluding steroid dienone is 2. The van der Waals surface area contributed by atoms with Crippen LogP contribution in [0.1, 0.15) is 38.3 Å². The molecule has 82 valence electrons. The zero-order chi connectivity index (χ0) is 11.8. The Hall–Kier alpha value is -1.30. The van der Waals surface area contributed by atoms with E-state index in [0.29, 0.717) is 0 Å². The zero-order valence-electron chi connectivity index (χ0n) is 10.4. The largest absolute Gasteiger partial charge is 0.100 e. The number of benzene rings is 1. The molecule has 0 N–H and O–H groups in total. The maximum Gasteiger partial charge on any atom is -0.0230 e. The van der Waals surface area contributed by atoms with Crippen molar-refractivity contribution in [2.75, 3.05) is 0 Å². The normalized spacial score (nSPS) is 8.80. The summed E-state index contributed by atoms with van der Waals surface area (Å²) in [5.74, 6) is 0. The summed E-state index contributed by atoms with van der Waals surface area (Å²) in [4.78, 5) is 0. The summed E-state index contributed by atoms with van der Waals surface area (Å²) < 4.78 is 0. The van der Waals surface area contributed by atoms with Crippen LogP contribution in [0.4, 0.5) is 0 Å². The summed E-state index contributed by atoms with van der Waals surface area (Å²) in [5, 5.41) is 0. The Bertz CT molecular complexity index is 310. The molecule has 0 bridgehead atoms. The van der Waals surface area contributed by atoms with Gasteiger partial charge in [0.15, 0.2) is 0 Å². The third kappa shape index (κ3) is 6.73. The standard InChI is InChI=1S/C11H14.C4H8/c1-4-10(3)11-7-5-9(2)6-8-11;1-4(2)3/h5-8H,3-4H2,1-2H3;1H2,2-3H3. The van der Waals surface area contributed by atoms with E-state index in [1.54, 1.807) is 0 Å². The molecule has 0 radical (unpaired) electrons. The van der Waals surface area contributed by atoms with Crippen LogP contribution in [0.15, 0.2) is 43.0 Å². The van der Waals surface area contributed by atoms with Crippen molar-refractivity contribution < 1.29 is 0 Å². The van der Waals surface area contributed by atoms with Gasteiger partial charge in [-0.1, -0.05) is 48.9 Å². The van der Waals surface area contributed by atoms with E-state index in [2.05, 4.69) is 51.3 Å². The van der Waals surface area contributed by atoms with Crippen molar-refractivity contribution in [1.29, 1.82) is 0 Å². The van der Waals surface area contributed by atoms with Crippen LogP contribution >= 0.6 is 0 Å². The molecule has 0 atom stereocenters. The molecular formula is C15H22. The summed E-state index contributed by atoms with van der Waals surface area (Å²) in [6, 6.07) is 8.49. The monoisotopic (exact) mass is 202 g/mol. The summed E-state index contributed by atoms with van der Waals surface area (Å²) in [6.07, 6.45) is 1.03. The first kappa shape index (κ1) is 13.7. The number of hydrogen-bond donors (Lipinski definition) is 0. The first-order chi connectivity index (χ1) is 6.97. The van der Waals surface area contributed by atoms with Crippen LogP contribution in [0, 0.1) is 6.92 Å². The molecule has 1 aromatic rings. The van der Waals surface area contributed by atoms with Gasteiger partial charge in [-0.2, -0.15) is 0 Å². The lowest BCUT2D eigenvalue weighted by atomic mass is 10.0. The van der Waals surface area contributed by atoms with Crippen LogP contribution < -0.4 is 0 Å². The molecule has 0 nitrogen and oxygen atoms in total. The zero-order valence-corrected chi connectivity index (χ0v) is 10.4. The highest BCUT2D eigenvalue weighted by molar-refractivity contribution is 5.62. The molecule has 0 spiro atoms. The minimum atomic E-state index is 1.03. The number of hydrogen-bond acceptors (Lipinski definition) is 0. The molecule has 0 aliphatic heterocycles. The van der Waals surface area contributed by atoms with Crippen molar-refractivity contribution in [3.05, 3.63) is 54.1 Å². The van der Waals surface area contributed by atoms with Crippen LogP contribution in [0.2, 0.25) is 0 Å². The lowest BCUT2D eigenvalue weighted by Crippen LogP contribution is -1.80. The molecule has 1 aromatic carbocycles. The summed E-state index contributed by atoms with van der Waals surface area (Å²) in [7, 11) is 0. The van der Waals surface area contributed by atoms with E-state index in [1.807, 2.05) is 13.8 Å². The van der Waals surface area contributed by atoms with Crippen molar-refractivity contribution >= 4 is 5.57 Å². The van der Waals surface area contributed by atoms with Crippen molar-refractivity contribution in [1.82, 2.24) is 0 Å². The Labute approximate surface area is 94.3 Å². The highest BCUT2D eigenvalue weighted by atomic mass is 14.0. The molecule has 0 fully saturated rings. The lowest BCUT2D eigenvalue weighted by molar-refractivity contribution is 1.24. The van der Waals surface area contributed by atoms with Gasteiger partial charge < -0.3 is 0 Å². The SMILES string of the molecule is C=C(C)C.C=C(CC)c1ccc(C)cc1. The van der Waals surface area contributed by atoms with Crippen molar-refractivity contribution in [2.24, 2.45) is 0 Å². The average Bonchev–Trinajstić information content (AvgIpc) is 2.17. The topological polar surface area (TPSA) is 0 Å². The Balaban J connectivity index is 0.000000423. The Morgan fingerprint density at radius 2 is 1.47 bits per heavy atom. The molecular weight excluding hydrogens is 180 g/mol. The maximum atomic E-state index is 3.97. The van der Waals surface area contributed by atoms with E-state index in [9.17, 15) is 0 Å². The van der Waals surface area contributed by atoms with Gasteiger partial charge in [0.2, 0.25) is 0 Å². The van der Waals surface area contributed by atoms with E-state index in [4.69, 9.17) is 0 Å². The lowest BCUT2D eigenvalue weighted by Gasteiger charge is -2.01. The first-order valence-electron chi connectivity index (χ1n) is 5.34. The maximum absolute atomic E-state index is 3.97. The fourth-order valence-corrected chi connectivity index (χ4v) is 0.993. The van der Waals surface area contributed by atoms with Crippen molar-refractivity contribution in [2.45, 2.75) is 34.1 Å². The second-order valence-electron chi connectivity index (χ2n) is 4.03. The summed E-state index contributed by atoms with van der Waals surface area (Å²) in [5.41, 5.74) is 4.95. The third-order valence-electron chi connectivity index (χ3n) is 1.89. The third-order valence-corrected chi connectivity index (χ3v) is 1.89. The van der Waals surface area contributed by atoms with Gasteiger partial charge in [-0.3, -0.25) is 0 Å². The predicted octanol–water partition coefficient (Wildman–Crippen LogP) is 5.00. The van der Waals surface area contributed by atoms with E-state index in [0.717, 1.165) is 6.42 Å². The van der Waals surface area contributed by atoms with Gasteiger partial charge in [0, 0.05) is 0 Å². The van der Waals surface area contributed by atoms with Gasteiger partial charge in [0.1, 0.15) is 0 Å². The van der Waals surface area contributed by atoms with Gasteiger partial charge in [-0.15, -0.1) is 6.58 Å². The Kier molecular flexibility index (Phi) is 6.44. The average molecular weight is 202 g/mol. The molecule has 0 aliphatic rings. The van der Waals surface area contributed by atoms with Gasteiger partial charge in [0.25, 0.3) is 0 Å². The van der Waals surface area contributed by atoms with Gasteiger partial charge in [-0.25, -0.2) is 0 Å². The van der Waals surface area contributed by atoms with Crippen molar-refractivity contribution in [3.8, 4) is 0 Å². The predicted molar refractivity (Wildman–Crippen MR) is 71.0 cm³/mol. The van der Waals surface area contributed by atoms with E-state index < -0.39 is 0 Å². The summed E-state index contributed by atoms with van der Waals surface area (Å²) in [6.45, 7) is 15.7. The molecule has 0 heteroatoms. The van der Waals surface area contributed by atoms with Crippen LogP contribution in [0.25, 0.3) is 5.57 Å². The molecule has 0 amide bonds. The van der Waals surface area contributed by atoms with Crippen LogP contribution in [-0.4, -0.2) is 0 Å². The van der Waals surface area contributed by atoms with Crippen LogP contribution in [-0.2, 0) is 0 Å². The second kappa shape index (κ2) is 7.05. The first-order valence-corrected chi connectivity index (χ1v) is 5.34. The highest BCUT2D eigenvalue weighted by Crippen LogP contribution is 2.15. The molecule has 0 aromatic heterocycles. The van der Waals surface area contributed by atoms with Gasteiger partial charge in [-0.05, 0) is 38.3 Å². The molecule has 0 unspecified atom stereocenters. The van der Waals surface area contributed by atoms with Crippen LogP contribution in [0.5, 0.6) is 0 Å². The van der Waals surface area contributed by atoms with Gasteiger partial charge in [0.05, 0.1) is 0 Å². The molecule has 0 aliphatic carbocycles. The quantitative estimate of drug-likeness (QED) is 0.592. The smallest absolute Gasteiger partial charge is 0.0230 e. The minimum absolute atomic E-state index is 1.03. The summed E-state index contributed by atoms with van der Waals surface area (Å²) >= 11 is 0. The molecule has 15 heavy (non-hydrogen) atoms. The Morgan fingerprint density at radius 3 is 1.80 bits per heavy atom. The van der Waals surface area contributed by atoms with E-state index >= 15 is 0 Å². The molecule has 0 saturated heterocycles. The van der Waals surface area contributed by atoms with E-state index in [1.165, 1.54) is 22.3 Å². The molecule has 1 rings (SSSR count). The Morgan fingerprint density at radius 1 is 1.07 bits per heavy atom. The van der Waals surface area contributed by atoms with Crippen LogP contribution in [0.3, 0.4) is 0 Å². The number of aryl methyl sites for hydroxylation is 1. The fourth-order valence-electron chi connectivity index (χ4n) is 0.993.